The molecule has 1 saturated heterocycles. The predicted molar refractivity (Wildman–Crippen MR) is 95.1 cm³/mol. The molecule has 162 valence electrons. The van der Waals surface area contributed by atoms with Crippen molar-refractivity contribution in [2.24, 2.45) is 0 Å². The third-order valence-corrected chi connectivity index (χ3v) is 5.87. The van der Waals surface area contributed by atoms with Crippen molar-refractivity contribution in [3.8, 4) is 0 Å². The van der Waals surface area contributed by atoms with E-state index in [0.29, 0.717) is 0 Å². The number of carboxylic acids is 1. The smallest absolute Gasteiger partial charge is 0.407 e. The van der Waals surface area contributed by atoms with Gasteiger partial charge in [0.15, 0.2) is 21.3 Å². The van der Waals surface area contributed by atoms with Gasteiger partial charge in [0.25, 0.3) is 5.91 Å². The Morgan fingerprint density at radius 2 is 1.90 bits per heavy atom. The molecule has 2 heterocycles. The summed E-state index contributed by atoms with van der Waals surface area (Å²) in [5.74, 6) is -3.67. The van der Waals surface area contributed by atoms with E-state index >= 15 is 0 Å². The minimum atomic E-state index is -3.94. The number of ether oxygens (including phenoxy) is 3. The second kappa shape index (κ2) is 7.99. The van der Waals surface area contributed by atoms with Crippen LogP contribution in [0.15, 0.2) is 11.3 Å². The van der Waals surface area contributed by atoms with Gasteiger partial charge in [0.1, 0.15) is 24.4 Å². The van der Waals surface area contributed by atoms with Gasteiger partial charge in [0.05, 0.1) is 5.75 Å². The summed E-state index contributed by atoms with van der Waals surface area (Å²) in [7, 11) is -2.76. The number of sulfone groups is 1. The highest BCUT2D eigenvalue weighted by molar-refractivity contribution is 7.92. The maximum absolute atomic E-state index is 12.7. The zero-order chi connectivity index (χ0) is 22.1. The van der Waals surface area contributed by atoms with Crippen molar-refractivity contribution in [1.29, 1.82) is 0 Å². The topological polar surface area (TPSA) is 166 Å². The number of β-lactam (4-membered cyclic amide) rings is 1. The number of carbonyl (C=O) groups excluding carboxylic acids is 3. The SMILES string of the molecule is CO[C@@H]1C(=O)N2C(C(=O)OC(C)(C)C)=C(COC(=O)NCC(=O)O)CS(=O)(=O)C12. The van der Waals surface area contributed by atoms with Crippen LogP contribution in [0.4, 0.5) is 4.79 Å². The lowest BCUT2D eigenvalue weighted by Gasteiger charge is -2.48. The first-order valence-electron chi connectivity index (χ1n) is 8.43. The fraction of sp³-hybridized carbons (Fsp3) is 0.625. The zero-order valence-electron chi connectivity index (χ0n) is 16.3. The number of nitrogens with one attached hydrogen (secondary N) is 1. The maximum Gasteiger partial charge on any atom is 0.407 e. The number of fused-ring (bicyclic) bond motifs is 1. The van der Waals surface area contributed by atoms with Gasteiger partial charge in [0, 0.05) is 12.7 Å². The van der Waals surface area contributed by atoms with Gasteiger partial charge in [-0.25, -0.2) is 18.0 Å². The summed E-state index contributed by atoms with van der Waals surface area (Å²) in [6.45, 7) is 3.40. The molecule has 2 amide bonds. The summed E-state index contributed by atoms with van der Waals surface area (Å²) in [4.78, 5) is 47.9. The quantitative estimate of drug-likeness (QED) is 0.391. The fourth-order valence-corrected chi connectivity index (χ4v) is 4.85. The standard InChI is InChI=1S/C16H22N2O10S/c1-16(2,3)28-14(22)10-8(6-27-15(23)17-5-9(19)20)7-29(24,25)13-11(26-4)12(21)18(10)13/h11,13H,5-7H2,1-4H3,(H,17,23)(H,19,20)/t11-,13?/m1/s1. The van der Waals surface area contributed by atoms with Crippen LogP contribution in [0.5, 0.6) is 0 Å². The summed E-state index contributed by atoms with van der Waals surface area (Å²) < 4.78 is 40.2. The molecule has 2 N–H and O–H groups in total. The summed E-state index contributed by atoms with van der Waals surface area (Å²) in [6.07, 6.45) is -2.38. The molecule has 0 aromatic carbocycles. The lowest BCUT2D eigenvalue weighted by molar-refractivity contribution is -0.167. The van der Waals surface area contributed by atoms with Crippen molar-refractivity contribution in [1.82, 2.24) is 10.2 Å². The van der Waals surface area contributed by atoms with Gasteiger partial charge < -0.3 is 24.6 Å². The highest BCUT2D eigenvalue weighted by Crippen LogP contribution is 2.38. The summed E-state index contributed by atoms with van der Waals surface area (Å²) in [6, 6.07) is 0. The van der Waals surface area contributed by atoms with E-state index in [-0.39, 0.29) is 11.3 Å². The molecule has 0 aliphatic carbocycles. The number of methoxy groups -OCH3 is 1. The molecule has 2 aliphatic rings. The monoisotopic (exact) mass is 434 g/mol. The normalized spacial score (nSPS) is 23.0. The van der Waals surface area contributed by atoms with Gasteiger partial charge >= 0.3 is 18.0 Å². The van der Waals surface area contributed by atoms with E-state index in [1.165, 1.54) is 7.11 Å². The van der Waals surface area contributed by atoms with Crippen molar-refractivity contribution in [3.05, 3.63) is 11.3 Å². The van der Waals surface area contributed by atoms with E-state index < -0.39 is 69.8 Å². The molecule has 1 unspecified atom stereocenters. The molecular weight excluding hydrogens is 412 g/mol. The number of carboxylic acid groups (broad SMARTS) is 1. The molecular formula is C16H22N2O10S. The maximum atomic E-state index is 12.7. The van der Waals surface area contributed by atoms with E-state index in [1.807, 2.05) is 5.32 Å². The number of hydrogen-bond acceptors (Lipinski definition) is 9. The van der Waals surface area contributed by atoms with E-state index in [2.05, 4.69) is 0 Å². The molecule has 29 heavy (non-hydrogen) atoms. The first-order valence-corrected chi connectivity index (χ1v) is 10.1. The van der Waals surface area contributed by atoms with Crippen LogP contribution >= 0.6 is 0 Å². The number of nitrogens with zero attached hydrogens (tertiary/aromatic N) is 1. The molecule has 0 spiro atoms. The van der Waals surface area contributed by atoms with Gasteiger partial charge in [-0.15, -0.1) is 0 Å². The number of carbonyl (C=O) groups is 4. The number of amides is 2. The highest BCUT2D eigenvalue weighted by atomic mass is 32.2. The highest BCUT2D eigenvalue weighted by Gasteiger charge is 2.61. The first-order chi connectivity index (χ1) is 13.3. The Labute approximate surface area is 166 Å². The molecule has 13 heteroatoms. The second-order valence-electron chi connectivity index (χ2n) is 7.34. The van der Waals surface area contributed by atoms with Crippen LogP contribution in [0, 0.1) is 0 Å². The molecule has 0 radical (unpaired) electrons. The van der Waals surface area contributed by atoms with Crippen LogP contribution in [0.1, 0.15) is 20.8 Å². The third-order valence-electron chi connectivity index (χ3n) is 3.92. The molecule has 2 aliphatic heterocycles. The Kier molecular flexibility index (Phi) is 6.23. The van der Waals surface area contributed by atoms with Crippen LogP contribution in [-0.4, -0.2) is 85.5 Å². The van der Waals surface area contributed by atoms with E-state index in [1.54, 1.807) is 20.8 Å². The summed E-state index contributed by atoms with van der Waals surface area (Å²) in [5, 5.41) is 9.10. The molecule has 0 aromatic heterocycles. The van der Waals surface area contributed by atoms with Gasteiger partial charge in [0.2, 0.25) is 0 Å². The zero-order valence-corrected chi connectivity index (χ0v) is 17.1. The minimum absolute atomic E-state index is 0.163. The van der Waals surface area contributed by atoms with Crippen LogP contribution < -0.4 is 5.32 Å². The number of esters is 1. The van der Waals surface area contributed by atoms with Crippen molar-refractivity contribution >= 4 is 33.8 Å². The van der Waals surface area contributed by atoms with E-state index in [9.17, 15) is 27.6 Å². The lowest BCUT2D eigenvalue weighted by Crippen LogP contribution is -2.70. The predicted octanol–water partition coefficient (Wildman–Crippen LogP) is -0.995. The molecule has 0 saturated carbocycles. The van der Waals surface area contributed by atoms with Crippen molar-refractivity contribution in [3.63, 3.8) is 0 Å². The Morgan fingerprint density at radius 1 is 1.28 bits per heavy atom. The Bertz CT molecular complexity index is 871. The molecule has 1 fully saturated rings. The van der Waals surface area contributed by atoms with Crippen LogP contribution in [-0.2, 0) is 38.4 Å². The minimum Gasteiger partial charge on any atom is -0.480 e. The largest absolute Gasteiger partial charge is 0.480 e. The lowest BCUT2D eigenvalue weighted by atomic mass is 10.1. The van der Waals surface area contributed by atoms with E-state index in [4.69, 9.17) is 19.3 Å². The fourth-order valence-electron chi connectivity index (χ4n) is 2.84. The van der Waals surface area contributed by atoms with E-state index in [0.717, 1.165) is 4.90 Å². The molecule has 2 atom stereocenters. The van der Waals surface area contributed by atoms with Crippen LogP contribution in [0.3, 0.4) is 0 Å². The van der Waals surface area contributed by atoms with Crippen LogP contribution in [0.25, 0.3) is 0 Å². The summed E-state index contributed by atoms with van der Waals surface area (Å²) in [5.41, 5.74) is -1.43. The number of rotatable bonds is 6. The Hall–Kier alpha value is -2.67. The number of alkyl carbamates (subject to hydrolysis) is 1. The first kappa shape index (κ1) is 22.6. The van der Waals surface area contributed by atoms with Crippen LogP contribution in [0.2, 0.25) is 0 Å². The molecule has 12 nitrogen and oxygen atoms in total. The van der Waals surface area contributed by atoms with Crippen molar-refractivity contribution < 1.29 is 46.9 Å². The van der Waals surface area contributed by atoms with Crippen molar-refractivity contribution in [2.75, 3.05) is 26.0 Å². The summed E-state index contributed by atoms with van der Waals surface area (Å²) >= 11 is 0. The number of aliphatic carboxylic acids is 1. The molecule has 0 bridgehead atoms. The molecule has 2 rings (SSSR count). The van der Waals surface area contributed by atoms with Gasteiger partial charge in [-0.3, -0.25) is 14.5 Å². The van der Waals surface area contributed by atoms with Gasteiger partial charge in [-0.1, -0.05) is 0 Å². The second-order valence-corrected chi connectivity index (χ2v) is 9.44. The van der Waals surface area contributed by atoms with Gasteiger partial charge in [-0.2, -0.15) is 0 Å². The average Bonchev–Trinajstić information content (AvgIpc) is 2.56. The third kappa shape index (κ3) is 4.85. The Balaban J connectivity index is 2.36. The van der Waals surface area contributed by atoms with Crippen molar-refractivity contribution in [2.45, 2.75) is 37.9 Å². The average molecular weight is 434 g/mol. The Morgan fingerprint density at radius 3 is 2.41 bits per heavy atom. The van der Waals surface area contributed by atoms with Gasteiger partial charge in [-0.05, 0) is 20.8 Å². The molecule has 0 aromatic rings. The number of hydrogen-bond donors (Lipinski definition) is 2.